The van der Waals surface area contributed by atoms with Crippen LogP contribution in [0.2, 0.25) is 0 Å². The molecular formula is C24H32BFN2O5. The van der Waals surface area contributed by atoms with Gasteiger partial charge in [0.05, 0.1) is 6.04 Å². The zero-order valence-electron chi connectivity index (χ0n) is 20.0. The van der Waals surface area contributed by atoms with E-state index in [1.165, 1.54) is 11.1 Å². The number of carbonyl (C=O) groups excluding carboxylic acids is 2. The van der Waals surface area contributed by atoms with Crippen LogP contribution in [0.25, 0.3) is 0 Å². The summed E-state index contributed by atoms with van der Waals surface area (Å²) in [6, 6.07) is 8.49. The minimum atomic E-state index is -2.19. The molecule has 0 saturated carbocycles. The molecule has 0 aromatic heterocycles. The highest BCUT2D eigenvalue weighted by Gasteiger charge is 2.35. The van der Waals surface area contributed by atoms with Gasteiger partial charge in [0.25, 0.3) is 11.8 Å². The Kier molecular flexibility index (Phi) is 8.63. The van der Waals surface area contributed by atoms with Gasteiger partial charge in [0.2, 0.25) is 0 Å². The molecule has 2 rings (SSSR count). The Morgan fingerprint density at radius 1 is 1.09 bits per heavy atom. The predicted molar refractivity (Wildman–Crippen MR) is 125 cm³/mol. The van der Waals surface area contributed by atoms with Crippen LogP contribution < -0.4 is 10.1 Å². The van der Waals surface area contributed by atoms with Crippen LogP contribution in [0.5, 0.6) is 5.75 Å². The summed E-state index contributed by atoms with van der Waals surface area (Å²) >= 11 is 0. The maximum absolute atomic E-state index is 14.3. The number of hydrazine groups is 1. The summed E-state index contributed by atoms with van der Waals surface area (Å²) in [5.41, 5.74) is 4.60. The van der Waals surface area contributed by atoms with Crippen molar-refractivity contribution in [1.82, 2.24) is 10.4 Å². The summed E-state index contributed by atoms with van der Waals surface area (Å²) in [6.07, 6.45) is 1.44. The van der Waals surface area contributed by atoms with Gasteiger partial charge in [-0.05, 0) is 56.0 Å². The van der Waals surface area contributed by atoms with E-state index in [9.17, 15) is 14.0 Å². The summed E-state index contributed by atoms with van der Waals surface area (Å²) < 4.78 is 18.8. The van der Waals surface area contributed by atoms with E-state index in [2.05, 4.69) is 10.1 Å². The molecule has 2 aromatic rings. The third-order valence-corrected chi connectivity index (χ3v) is 5.21. The number of carbonyl (C=O) groups is 2. The number of halogens is 1. The number of hydrogen-bond donors (Lipinski definition) is 3. The largest absolute Gasteiger partial charge is 0.707 e. The number of benzene rings is 2. The smallest absolute Gasteiger partial charge is 0.510 e. The van der Waals surface area contributed by atoms with Crippen molar-refractivity contribution in [3.05, 3.63) is 64.5 Å². The standard InChI is InChI=1S/C24H32BFN2O5/c1-7-8-21(24(4,5)6)28(23(30)18-12-15(2)11-16(3)13-18)27-22(29)17-9-10-20(19(26)14-17)33-25(31)32/h9-14,21,31-32H,7-8H2,1-6H3,(H,27,29)/t21-/m1/s1. The average Bonchev–Trinajstić information content (AvgIpc) is 2.69. The molecule has 0 heterocycles. The molecule has 178 valence electrons. The Bertz CT molecular complexity index is 987. The third-order valence-electron chi connectivity index (χ3n) is 5.21. The molecule has 2 aromatic carbocycles. The molecule has 1 atom stereocenters. The first kappa shape index (κ1) is 26.3. The van der Waals surface area contributed by atoms with Gasteiger partial charge in [-0.1, -0.05) is 51.3 Å². The normalized spacial score (nSPS) is 12.2. The Morgan fingerprint density at radius 3 is 2.18 bits per heavy atom. The summed E-state index contributed by atoms with van der Waals surface area (Å²) in [5, 5.41) is 19.1. The van der Waals surface area contributed by atoms with Crippen molar-refractivity contribution in [1.29, 1.82) is 0 Å². The molecule has 0 bridgehead atoms. The van der Waals surface area contributed by atoms with Gasteiger partial charge in [-0.25, -0.2) is 9.40 Å². The van der Waals surface area contributed by atoms with Gasteiger partial charge in [-0.15, -0.1) is 0 Å². The third kappa shape index (κ3) is 7.04. The second kappa shape index (κ2) is 10.8. The van der Waals surface area contributed by atoms with Crippen LogP contribution in [0.4, 0.5) is 4.39 Å². The fourth-order valence-corrected chi connectivity index (χ4v) is 3.76. The van der Waals surface area contributed by atoms with Gasteiger partial charge in [0, 0.05) is 11.1 Å². The molecular weight excluding hydrogens is 426 g/mol. The lowest BCUT2D eigenvalue weighted by Gasteiger charge is -2.40. The first-order valence-corrected chi connectivity index (χ1v) is 10.9. The minimum Gasteiger partial charge on any atom is -0.510 e. The quantitative estimate of drug-likeness (QED) is 0.433. The van der Waals surface area contributed by atoms with Crippen molar-refractivity contribution in [2.45, 2.75) is 60.4 Å². The van der Waals surface area contributed by atoms with Crippen molar-refractivity contribution in [2.24, 2.45) is 5.41 Å². The van der Waals surface area contributed by atoms with Crippen molar-refractivity contribution in [3.8, 4) is 5.75 Å². The Morgan fingerprint density at radius 2 is 1.70 bits per heavy atom. The molecule has 0 aliphatic rings. The first-order valence-electron chi connectivity index (χ1n) is 10.9. The van der Waals surface area contributed by atoms with Gasteiger partial charge in [-0.3, -0.25) is 15.0 Å². The van der Waals surface area contributed by atoms with Gasteiger partial charge in [-0.2, -0.15) is 0 Å². The maximum Gasteiger partial charge on any atom is 0.707 e. The molecule has 0 aliphatic heterocycles. The van der Waals surface area contributed by atoms with Crippen LogP contribution >= 0.6 is 0 Å². The van der Waals surface area contributed by atoms with Crippen LogP contribution in [-0.4, -0.2) is 40.2 Å². The number of rotatable bonds is 7. The van der Waals surface area contributed by atoms with Gasteiger partial charge < -0.3 is 14.7 Å². The van der Waals surface area contributed by atoms with E-state index in [-0.39, 0.29) is 22.9 Å². The Labute approximate surface area is 194 Å². The molecule has 0 fully saturated rings. The molecule has 0 saturated heterocycles. The molecule has 3 N–H and O–H groups in total. The predicted octanol–water partition coefficient (Wildman–Crippen LogP) is 3.79. The summed E-state index contributed by atoms with van der Waals surface area (Å²) in [7, 11) is -2.19. The van der Waals surface area contributed by atoms with Crippen LogP contribution in [0.3, 0.4) is 0 Å². The van der Waals surface area contributed by atoms with Crippen LogP contribution in [-0.2, 0) is 0 Å². The van der Waals surface area contributed by atoms with E-state index in [0.717, 1.165) is 29.7 Å². The van der Waals surface area contributed by atoms with Gasteiger partial charge >= 0.3 is 7.32 Å². The Balaban J connectivity index is 2.44. The summed E-state index contributed by atoms with van der Waals surface area (Å²) in [4.78, 5) is 26.6. The highest BCUT2D eigenvalue weighted by molar-refractivity contribution is 6.33. The van der Waals surface area contributed by atoms with E-state index < -0.39 is 24.8 Å². The minimum absolute atomic E-state index is 0.0466. The van der Waals surface area contributed by atoms with Gasteiger partial charge in [0.1, 0.15) is 5.75 Å². The molecule has 2 amide bonds. The van der Waals surface area contributed by atoms with Gasteiger partial charge in [0.15, 0.2) is 5.82 Å². The first-order chi connectivity index (χ1) is 15.3. The fraction of sp³-hybridized carbons (Fsp3) is 0.417. The van der Waals surface area contributed by atoms with E-state index >= 15 is 0 Å². The van der Waals surface area contributed by atoms with E-state index in [0.29, 0.717) is 12.0 Å². The zero-order valence-corrected chi connectivity index (χ0v) is 20.0. The number of nitrogens with one attached hydrogen (secondary N) is 1. The lowest BCUT2D eigenvalue weighted by Crippen LogP contribution is -2.56. The van der Waals surface area contributed by atoms with Crippen molar-refractivity contribution >= 4 is 19.1 Å². The van der Waals surface area contributed by atoms with E-state index in [1.807, 2.05) is 47.6 Å². The average molecular weight is 458 g/mol. The van der Waals surface area contributed by atoms with Crippen LogP contribution in [0.1, 0.15) is 72.4 Å². The summed E-state index contributed by atoms with van der Waals surface area (Å²) in [5.74, 6) is -2.38. The molecule has 33 heavy (non-hydrogen) atoms. The molecule has 9 heteroatoms. The lowest BCUT2D eigenvalue weighted by atomic mass is 9.83. The second-order valence-electron chi connectivity index (χ2n) is 9.25. The maximum atomic E-state index is 14.3. The highest BCUT2D eigenvalue weighted by atomic mass is 19.1. The number of amides is 2. The SMILES string of the molecule is CCC[C@@H](N(NC(=O)c1ccc(OB(O)O)c(F)c1)C(=O)c1cc(C)cc(C)c1)C(C)(C)C. The number of nitrogens with zero attached hydrogens (tertiary/aromatic N) is 1. The highest BCUT2D eigenvalue weighted by Crippen LogP contribution is 2.29. The zero-order chi connectivity index (χ0) is 24.9. The van der Waals surface area contributed by atoms with Crippen molar-refractivity contribution in [2.75, 3.05) is 0 Å². The van der Waals surface area contributed by atoms with Crippen molar-refractivity contribution < 1.29 is 28.7 Å². The lowest BCUT2D eigenvalue weighted by molar-refractivity contribution is 0.0271. The second-order valence-corrected chi connectivity index (χ2v) is 9.25. The molecule has 0 unspecified atom stereocenters. The van der Waals surface area contributed by atoms with Crippen LogP contribution in [0.15, 0.2) is 36.4 Å². The molecule has 0 spiro atoms. The number of aryl methyl sites for hydroxylation is 2. The molecule has 0 radical (unpaired) electrons. The van der Waals surface area contributed by atoms with Crippen molar-refractivity contribution in [3.63, 3.8) is 0 Å². The number of hydrogen-bond acceptors (Lipinski definition) is 5. The summed E-state index contributed by atoms with van der Waals surface area (Å²) in [6.45, 7) is 11.8. The van der Waals surface area contributed by atoms with Crippen LogP contribution in [0, 0.1) is 25.1 Å². The van der Waals surface area contributed by atoms with E-state index in [1.54, 1.807) is 12.1 Å². The topological polar surface area (TPSA) is 99.1 Å². The fourth-order valence-electron chi connectivity index (χ4n) is 3.76. The molecule has 0 aliphatic carbocycles. The van der Waals surface area contributed by atoms with E-state index in [4.69, 9.17) is 10.0 Å². The Hall–Kier alpha value is -2.91. The monoisotopic (exact) mass is 458 g/mol. The molecule has 7 nitrogen and oxygen atoms in total.